The number of carboxylic acid groups (broad SMARTS) is 1. The third-order valence-corrected chi connectivity index (χ3v) is 10.8. The lowest BCUT2D eigenvalue weighted by molar-refractivity contribution is -0.160. The fourth-order valence-corrected chi connectivity index (χ4v) is 7.89. The molecule has 0 aromatic heterocycles. The minimum atomic E-state index is -1.12. The Labute approximate surface area is 425 Å². The summed E-state index contributed by atoms with van der Waals surface area (Å²) < 4.78 is 28.4. The molecule has 1 aromatic carbocycles. The third kappa shape index (κ3) is 30.3. The summed E-state index contributed by atoms with van der Waals surface area (Å²) in [7, 11) is 0. The van der Waals surface area contributed by atoms with Crippen LogP contribution in [0.25, 0.3) is 0 Å². The van der Waals surface area contributed by atoms with Gasteiger partial charge in [-0.25, -0.2) is 9.59 Å². The highest BCUT2D eigenvalue weighted by Crippen LogP contribution is 2.19. The lowest BCUT2D eigenvalue weighted by Crippen LogP contribution is -2.54. The molecule has 1 fully saturated rings. The normalized spacial score (nSPS) is 17.7. The van der Waals surface area contributed by atoms with Crippen LogP contribution < -0.4 is 11.1 Å². The molecule has 1 aliphatic rings. The zero-order valence-corrected chi connectivity index (χ0v) is 46.1. The second-order valence-electron chi connectivity index (χ2n) is 23.9. The predicted molar refractivity (Wildman–Crippen MR) is 274 cm³/mol. The number of nitrogens with one attached hydrogen (secondary N) is 1. The molecular weight excluding hydrogens is 913 g/mol. The molecule has 18 heteroatoms. The molecule has 2 rings (SSSR count). The molecule has 1 heterocycles. The summed E-state index contributed by atoms with van der Waals surface area (Å²) in [5.41, 5.74) is 5.05. The van der Waals surface area contributed by atoms with Crippen LogP contribution >= 0.6 is 0 Å². The molecule has 3 atom stereocenters. The summed E-state index contributed by atoms with van der Waals surface area (Å²) in [6.45, 7) is 29.7. The Balaban J connectivity index is 2.43. The van der Waals surface area contributed by atoms with Crippen molar-refractivity contribution in [2.45, 2.75) is 195 Å². The second-order valence-corrected chi connectivity index (χ2v) is 23.9. The van der Waals surface area contributed by atoms with Crippen LogP contribution in [-0.2, 0) is 60.5 Å². The summed E-state index contributed by atoms with van der Waals surface area (Å²) in [5.74, 6) is -2.69. The Morgan fingerprint density at radius 2 is 0.930 bits per heavy atom. The zero-order valence-electron chi connectivity index (χ0n) is 46.1. The number of aryl methyl sites for hydroxylation is 1. The Morgan fingerprint density at radius 3 is 1.37 bits per heavy atom. The minimum absolute atomic E-state index is 0.00308. The lowest BCUT2D eigenvalue weighted by Gasteiger charge is -2.39. The fraction of sp³-hybridized carbons (Fsp3) is 0.774. The van der Waals surface area contributed by atoms with Gasteiger partial charge in [0.05, 0.1) is 26.2 Å². The van der Waals surface area contributed by atoms with Crippen molar-refractivity contribution in [3.8, 4) is 0 Å². The van der Waals surface area contributed by atoms with E-state index >= 15 is 0 Å². The van der Waals surface area contributed by atoms with Gasteiger partial charge >= 0.3 is 35.9 Å². The van der Waals surface area contributed by atoms with Crippen LogP contribution in [0.5, 0.6) is 0 Å². The SMILES string of the molecule is CC(C)(C)OC(=O)CN1CCN(CC(=O)OC(C)(C)C)CCN(CC(=O)OC(C)(C)C)C(Cc2ccc(CCC(N)CCCC[C@H](NC(=O)OC(C)(C)C)C(=O)O)cc2)CN(CC(=O)OC(C)(C)C)CC1. The van der Waals surface area contributed by atoms with Crippen molar-refractivity contribution in [1.82, 2.24) is 24.9 Å². The van der Waals surface area contributed by atoms with Gasteiger partial charge in [-0.15, -0.1) is 0 Å². The largest absolute Gasteiger partial charge is 0.480 e. The molecular formula is C53H92N6O12. The van der Waals surface area contributed by atoms with E-state index in [4.69, 9.17) is 29.4 Å². The number of alkyl carbamates (subject to hydrolysis) is 1. The fourth-order valence-electron chi connectivity index (χ4n) is 7.89. The van der Waals surface area contributed by atoms with Crippen molar-refractivity contribution < 1.29 is 57.6 Å². The first-order valence-corrected chi connectivity index (χ1v) is 25.4. The first kappa shape index (κ1) is 62.8. The van der Waals surface area contributed by atoms with Gasteiger partial charge in [0.15, 0.2) is 0 Å². The standard InChI is InChI=1S/C53H92N6O12/c1-49(2,3)67-43(60)34-56-26-27-57(35-44(61)68-50(4,5)6)30-31-59(37-46(63)70-52(10,11)12)41(33-58(29-28-56)36-45(62)69-51(7,8)9)32-39-22-20-38(21-23-39)24-25-40(54)18-16-17-19-42(47(64)65)55-48(66)71-53(13,14)15/h20-23,40-42H,16-19,24-37,54H2,1-15H3,(H,55,66)(H,64,65)/t40?,41?,42-/m0/s1. The van der Waals surface area contributed by atoms with E-state index in [1.165, 1.54) is 0 Å². The Kier molecular flexibility index (Phi) is 24.9. The van der Waals surface area contributed by atoms with Crippen molar-refractivity contribution in [2.75, 3.05) is 72.0 Å². The number of carbonyl (C=O) groups is 6. The molecule has 0 bridgehead atoms. The Bertz CT molecular complexity index is 1840. The number of benzene rings is 1. The van der Waals surface area contributed by atoms with Crippen LogP contribution in [0, 0.1) is 0 Å². The molecule has 406 valence electrons. The van der Waals surface area contributed by atoms with Gasteiger partial charge in [-0.05, 0) is 147 Å². The third-order valence-electron chi connectivity index (χ3n) is 10.8. The molecule has 0 radical (unpaired) electrons. The van der Waals surface area contributed by atoms with Crippen molar-refractivity contribution in [1.29, 1.82) is 0 Å². The van der Waals surface area contributed by atoms with E-state index in [0.29, 0.717) is 77.9 Å². The van der Waals surface area contributed by atoms with Gasteiger partial charge in [0, 0.05) is 57.9 Å². The maximum atomic E-state index is 13.7. The number of nitrogens with zero attached hydrogens (tertiary/aromatic N) is 4. The smallest absolute Gasteiger partial charge is 0.408 e. The number of aliphatic carboxylic acids is 1. The van der Waals surface area contributed by atoms with Crippen LogP contribution in [-0.4, -0.2) is 179 Å². The van der Waals surface area contributed by atoms with E-state index < -0.39 is 58.0 Å². The van der Waals surface area contributed by atoms with Gasteiger partial charge in [-0.2, -0.15) is 0 Å². The molecule has 1 saturated heterocycles. The first-order valence-electron chi connectivity index (χ1n) is 25.4. The molecule has 1 aliphatic heterocycles. The topological polar surface area (TPSA) is 220 Å². The second kappa shape index (κ2) is 28.2. The van der Waals surface area contributed by atoms with Crippen LogP contribution in [0.2, 0.25) is 0 Å². The summed E-state index contributed by atoms with van der Waals surface area (Å²) in [4.78, 5) is 85.9. The molecule has 1 aromatic rings. The average Bonchev–Trinajstić information content (AvgIpc) is 3.16. The van der Waals surface area contributed by atoms with E-state index in [1.54, 1.807) is 20.8 Å². The molecule has 4 N–H and O–H groups in total. The summed E-state index contributed by atoms with van der Waals surface area (Å²) >= 11 is 0. The number of carbonyl (C=O) groups excluding carboxylic acids is 5. The van der Waals surface area contributed by atoms with Gasteiger partial charge in [-0.1, -0.05) is 37.1 Å². The highest BCUT2D eigenvalue weighted by atomic mass is 16.6. The Morgan fingerprint density at radius 1 is 0.549 bits per heavy atom. The summed E-state index contributed by atoms with van der Waals surface area (Å²) in [6, 6.07) is 6.80. The number of hydrogen-bond donors (Lipinski definition) is 3. The number of esters is 4. The van der Waals surface area contributed by atoms with E-state index in [2.05, 4.69) is 34.5 Å². The highest BCUT2D eigenvalue weighted by molar-refractivity contribution is 5.80. The van der Waals surface area contributed by atoms with Crippen molar-refractivity contribution in [3.05, 3.63) is 35.4 Å². The van der Waals surface area contributed by atoms with Crippen LogP contribution in [0.4, 0.5) is 4.79 Å². The number of nitrogens with two attached hydrogens (primary N) is 1. The van der Waals surface area contributed by atoms with Crippen LogP contribution in [0.1, 0.15) is 147 Å². The van der Waals surface area contributed by atoms with Gasteiger partial charge in [0.2, 0.25) is 0 Å². The molecule has 0 aliphatic carbocycles. The quantitative estimate of drug-likeness (QED) is 0.0777. The summed E-state index contributed by atoms with van der Waals surface area (Å²) in [6.07, 6.45) is 3.41. The average molecular weight is 1010 g/mol. The van der Waals surface area contributed by atoms with Crippen molar-refractivity contribution in [2.24, 2.45) is 5.73 Å². The maximum Gasteiger partial charge on any atom is 0.408 e. The Hall–Kier alpha value is -4.36. The molecule has 0 saturated carbocycles. The zero-order chi connectivity index (χ0) is 54.0. The van der Waals surface area contributed by atoms with Gasteiger partial charge < -0.3 is 39.8 Å². The van der Waals surface area contributed by atoms with E-state index in [9.17, 15) is 33.9 Å². The summed E-state index contributed by atoms with van der Waals surface area (Å²) in [5, 5.41) is 12.1. The molecule has 0 spiro atoms. The minimum Gasteiger partial charge on any atom is -0.480 e. The van der Waals surface area contributed by atoms with E-state index in [1.807, 2.05) is 97.8 Å². The van der Waals surface area contributed by atoms with Crippen LogP contribution in [0.3, 0.4) is 0 Å². The monoisotopic (exact) mass is 1000 g/mol. The maximum absolute atomic E-state index is 13.7. The molecule has 2 unspecified atom stereocenters. The number of hydrogen-bond acceptors (Lipinski definition) is 16. The van der Waals surface area contributed by atoms with E-state index in [-0.39, 0.29) is 56.6 Å². The lowest BCUT2D eigenvalue weighted by atomic mass is 9.98. The molecule has 71 heavy (non-hydrogen) atoms. The van der Waals surface area contributed by atoms with Crippen molar-refractivity contribution in [3.63, 3.8) is 0 Å². The number of rotatable bonds is 20. The number of carboxylic acids is 1. The van der Waals surface area contributed by atoms with E-state index in [0.717, 1.165) is 17.5 Å². The van der Waals surface area contributed by atoms with Gasteiger partial charge in [0.25, 0.3) is 0 Å². The van der Waals surface area contributed by atoms with Crippen LogP contribution in [0.15, 0.2) is 24.3 Å². The number of amides is 1. The number of unbranched alkanes of at least 4 members (excludes halogenated alkanes) is 1. The van der Waals surface area contributed by atoms with Gasteiger partial charge in [-0.3, -0.25) is 38.8 Å². The highest BCUT2D eigenvalue weighted by Gasteiger charge is 2.31. The predicted octanol–water partition coefficient (Wildman–Crippen LogP) is 5.98. The number of ether oxygens (including phenoxy) is 5. The van der Waals surface area contributed by atoms with Crippen molar-refractivity contribution >= 4 is 35.9 Å². The molecule has 1 amide bonds. The van der Waals surface area contributed by atoms with Gasteiger partial charge in [0.1, 0.15) is 34.0 Å². The molecule has 18 nitrogen and oxygen atoms in total. The first-order chi connectivity index (χ1) is 32.5.